The van der Waals surface area contributed by atoms with Gasteiger partial charge >= 0.3 is 30.2 Å². The van der Waals surface area contributed by atoms with Crippen molar-refractivity contribution in [2.24, 2.45) is 11.8 Å². The molecule has 0 unspecified atom stereocenters. The zero-order chi connectivity index (χ0) is 33.3. The van der Waals surface area contributed by atoms with Crippen LogP contribution >= 0.6 is 0 Å². The smallest absolute Gasteiger partial charge is 0.420 e. The van der Waals surface area contributed by atoms with Crippen molar-refractivity contribution in [3.63, 3.8) is 0 Å². The Morgan fingerprint density at radius 2 is 1.27 bits per heavy atom. The van der Waals surface area contributed by atoms with Gasteiger partial charge in [-0.1, -0.05) is 88.4 Å². The van der Waals surface area contributed by atoms with Gasteiger partial charge in [0.2, 0.25) is 0 Å². The van der Waals surface area contributed by atoms with Crippen LogP contribution in [0.3, 0.4) is 0 Å². The molecule has 0 aromatic heterocycles. The number of hydrogen-bond acceptors (Lipinski definition) is 10. The normalized spacial score (nSPS) is 20.9. The Labute approximate surface area is 263 Å². The van der Waals surface area contributed by atoms with E-state index in [9.17, 15) is 24.0 Å². The van der Waals surface area contributed by atoms with Crippen LogP contribution in [0.5, 0.6) is 0 Å². The van der Waals surface area contributed by atoms with Gasteiger partial charge < -0.3 is 29.0 Å². The summed E-state index contributed by atoms with van der Waals surface area (Å²) >= 11 is 0. The molecule has 4 rings (SSSR count). The summed E-state index contributed by atoms with van der Waals surface area (Å²) in [6.07, 6.45) is -3.67. The van der Waals surface area contributed by atoms with Crippen molar-refractivity contribution < 1.29 is 47.7 Å². The fraction of sp³-hybridized carbons (Fsp3) is 0.485. The largest absolute Gasteiger partial charge is 0.459 e. The van der Waals surface area contributed by atoms with E-state index in [4.69, 9.17) is 23.7 Å². The van der Waals surface area contributed by atoms with Crippen molar-refractivity contribution in [3.05, 3.63) is 71.8 Å². The maximum absolute atomic E-state index is 12.7. The van der Waals surface area contributed by atoms with Crippen LogP contribution < -0.4 is 5.32 Å². The molecule has 2 fully saturated rings. The number of amides is 3. The predicted molar refractivity (Wildman–Crippen MR) is 161 cm³/mol. The third kappa shape index (κ3) is 9.95. The first kappa shape index (κ1) is 34.9. The lowest BCUT2D eigenvalue weighted by Crippen LogP contribution is -2.49. The maximum Gasteiger partial charge on any atom is 0.420 e. The van der Waals surface area contributed by atoms with Gasteiger partial charge in [-0.15, -0.1) is 0 Å². The van der Waals surface area contributed by atoms with Gasteiger partial charge in [0.15, 0.2) is 12.1 Å². The molecule has 45 heavy (non-hydrogen) atoms. The molecule has 12 nitrogen and oxygen atoms in total. The number of hydrogen-bond donors (Lipinski definition) is 1. The average molecular weight is 627 g/mol. The highest BCUT2D eigenvalue weighted by Crippen LogP contribution is 2.28. The van der Waals surface area contributed by atoms with Gasteiger partial charge in [-0.3, -0.25) is 0 Å². The van der Waals surface area contributed by atoms with Crippen LogP contribution in [0.15, 0.2) is 60.7 Å². The topological polar surface area (TPSA) is 147 Å². The molecule has 0 bridgehead atoms. The van der Waals surface area contributed by atoms with Crippen molar-refractivity contribution >= 4 is 30.2 Å². The third-order valence-electron chi connectivity index (χ3n) is 6.72. The summed E-state index contributed by atoms with van der Waals surface area (Å²) < 4.78 is 26.1. The van der Waals surface area contributed by atoms with Crippen molar-refractivity contribution in [3.8, 4) is 0 Å². The number of carbonyl (C=O) groups excluding carboxylic acids is 5. The van der Waals surface area contributed by atoms with Gasteiger partial charge in [-0.25, -0.2) is 24.0 Å². The number of cyclic esters (lactones) is 2. The number of ether oxygens (including phenoxy) is 5. The number of benzene rings is 2. The first-order valence-electron chi connectivity index (χ1n) is 14.8. The lowest BCUT2D eigenvalue weighted by Gasteiger charge is -2.26. The second-order valence-corrected chi connectivity index (χ2v) is 12.3. The molecule has 2 aliphatic rings. The van der Waals surface area contributed by atoms with Gasteiger partial charge in [0.25, 0.3) is 0 Å². The minimum Gasteiger partial charge on any atom is -0.459 e. The number of esters is 2. The first-order chi connectivity index (χ1) is 21.2. The molecule has 3 amide bonds. The van der Waals surface area contributed by atoms with Crippen LogP contribution in [-0.4, -0.2) is 65.0 Å². The van der Waals surface area contributed by atoms with Crippen molar-refractivity contribution in [2.45, 2.75) is 91.6 Å². The summed E-state index contributed by atoms with van der Waals surface area (Å²) in [5.41, 5.74) is 0.893. The first-order valence-corrected chi connectivity index (χ1v) is 14.8. The molecular weight excluding hydrogens is 584 g/mol. The quantitative estimate of drug-likeness (QED) is 0.299. The Morgan fingerprint density at radius 1 is 0.778 bits per heavy atom. The van der Waals surface area contributed by atoms with Gasteiger partial charge in [-0.2, -0.15) is 4.90 Å². The zero-order valence-electron chi connectivity index (χ0n) is 26.7. The van der Waals surface area contributed by atoms with Crippen LogP contribution in [0.4, 0.5) is 14.4 Å². The second-order valence-electron chi connectivity index (χ2n) is 12.3. The SMILES string of the molecule is CC(C)[C@@H]1OC(=O)N(C(=O)OC(C)(C)C)[C@@H]1C(=O)OCc1ccccc1.CC(C)[C@@H]1OC(=O)N[C@@H]1C(=O)OCc1ccccc1. The summed E-state index contributed by atoms with van der Waals surface area (Å²) in [4.78, 5) is 61.2. The summed E-state index contributed by atoms with van der Waals surface area (Å²) in [5, 5.41) is 2.49. The van der Waals surface area contributed by atoms with E-state index < -0.39 is 60.1 Å². The van der Waals surface area contributed by atoms with E-state index in [1.807, 2.05) is 74.5 Å². The molecule has 2 saturated heterocycles. The highest BCUT2D eigenvalue weighted by molar-refractivity contribution is 5.96. The lowest BCUT2D eigenvalue weighted by atomic mass is 10.00. The minimum absolute atomic E-state index is 0.0390. The second kappa shape index (κ2) is 15.4. The summed E-state index contributed by atoms with van der Waals surface area (Å²) in [6, 6.07) is 16.6. The van der Waals surface area contributed by atoms with E-state index in [-0.39, 0.29) is 25.0 Å². The molecule has 0 spiro atoms. The highest BCUT2D eigenvalue weighted by Gasteiger charge is 2.53. The number of imide groups is 1. The average Bonchev–Trinajstić information content (AvgIpc) is 3.55. The van der Waals surface area contributed by atoms with E-state index in [0.29, 0.717) is 4.90 Å². The molecule has 4 atom stereocenters. The molecule has 1 N–H and O–H groups in total. The van der Waals surface area contributed by atoms with E-state index in [1.165, 1.54) is 0 Å². The van der Waals surface area contributed by atoms with E-state index in [1.54, 1.807) is 34.6 Å². The number of rotatable bonds is 8. The molecule has 0 radical (unpaired) electrons. The summed E-state index contributed by atoms with van der Waals surface area (Å²) in [5.74, 6) is -1.30. The standard InChI is InChI=1S/C19H25NO6.C14H17NO4/c1-12(2)15-14(16(21)24-11-13-9-7-6-8-10-13)20(17(22)25-15)18(23)26-19(3,4)5;1-9(2)12-11(15-14(17)19-12)13(16)18-8-10-6-4-3-5-7-10/h6-10,12,14-15H,11H2,1-5H3;3-7,9,11-12H,8H2,1-2H3,(H,15,17)/t14-,15-;11-,12-/m00/s1. The molecule has 2 aliphatic heterocycles. The van der Waals surface area contributed by atoms with E-state index in [2.05, 4.69) is 5.32 Å². The molecular formula is C33H42N2O10. The van der Waals surface area contributed by atoms with Crippen LogP contribution in [0.25, 0.3) is 0 Å². The van der Waals surface area contributed by atoms with Crippen molar-refractivity contribution in [1.29, 1.82) is 0 Å². The Balaban J connectivity index is 0.000000257. The minimum atomic E-state index is -1.18. The van der Waals surface area contributed by atoms with Gasteiger partial charge in [0, 0.05) is 0 Å². The fourth-order valence-electron chi connectivity index (χ4n) is 4.52. The third-order valence-corrected chi connectivity index (χ3v) is 6.72. The molecule has 2 heterocycles. The van der Waals surface area contributed by atoms with Crippen molar-refractivity contribution in [1.82, 2.24) is 10.2 Å². The number of nitrogens with zero attached hydrogens (tertiary/aromatic N) is 1. The van der Waals surface area contributed by atoms with Crippen LogP contribution in [0.2, 0.25) is 0 Å². The highest BCUT2D eigenvalue weighted by atomic mass is 16.6. The number of nitrogens with one attached hydrogen (secondary N) is 1. The Bertz CT molecular complexity index is 1320. The molecule has 0 aliphatic carbocycles. The van der Waals surface area contributed by atoms with Crippen LogP contribution in [-0.2, 0) is 46.5 Å². The molecule has 244 valence electrons. The van der Waals surface area contributed by atoms with Gasteiger partial charge in [0.1, 0.15) is 31.0 Å². The van der Waals surface area contributed by atoms with Gasteiger partial charge in [-0.05, 0) is 43.7 Å². The van der Waals surface area contributed by atoms with Crippen LogP contribution in [0, 0.1) is 11.8 Å². The Hall–Kier alpha value is -4.61. The molecule has 0 saturated carbocycles. The molecule has 2 aromatic carbocycles. The maximum atomic E-state index is 12.7. The monoisotopic (exact) mass is 626 g/mol. The lowest BCUT2D eigenvalue weighted by molar-refractivity contribution is -0.151. The Kier molecular flexibility index (Phi) is 11.9. The Morgan fingerprint density at radius 3 is 1.73 bits per heavy atom. The fourth-order valence-corrected chi connectivity index (χ4v) is 4.52. The number of carbonyl (C=O) groups is 5. The summed E-state index contributed by atoms with van der Waals surface area (Å²) in [7, 11) is 0. The molecule has 12 heteroatoms. The van der Waals surface area contributed by atoms with E-state index in [0.717, 1.165) is 11.1 Å². The van der Waals surface area contributed by atoms with E-state index >= 15 is 0 Å². The molecule has 2 aromatic rings. The van der Waals surface area contributed by atoms with Crippen LogP contribution in [0.1, 0.15) is 59.6 Å². The zero-order valence-corrected chi connectivity index (χ0v) is 26.7. The van der Waals surface area contributed by atoms with Gasteiger partial charge in [0.05, 0.1) is 0 Å². The van der Waals surface area contributed by atoms with Crippen molar-refractivity contribution in [2.75, 3.05) is 0 Å². The predicted octanol–water partition coefficient (Wildman–Crippen LogP) is 5.37. The number of alkyl carbamates (subject to hydrolysis) is 1. The summed E-state index contributed by atoms with van der Waals surface area (Å²) in [6.45, 7) is 12.6.